The Labute approximate surface area is 423 Å². The van der Waals surface area contributed by atoms with Crippen LogP contribution in [-0.2, 0) is 24.6 Å². The molecule has 1 amide bonds. The van der Waals surface area contributed by atoms with E-state index < -0.39 is 17.5 Å². The van der Waals surface area contributed by atoms with Crippen LogP contribution >= 0.6 is 11.6 Å². The van der Waals surface area contributed by atoms with E-state index in [0.717, 1.165) is 96.9 Å². The van der Waals surface area contributed by atoms with E-state index in [1.54, 1.807) is 6.07 Å². The lowest BCUT2D eigenvalue weighted by molar-refractivity contribution is -0.0450. The van der Waals surface area contributed by atoms with E-state index in [1.807, 2.05) is 55.9 Å². The quantitative estimate of drug-likeness (QED) is 0.120. The molecule has 13 heteroatoms. The lowest BCUT2D eigenvalue weighted by Crippen LogP contribution is -2.42. The van der Waals surface area contributed by atoms with Crippen LogP contribution in [0.3, 0.4) is 0 Å². The number of nitrogens with one attached hydrogen (secondary N) is 2. The Morgan fingerprint density at radius 1 is 0.915 bits per heavy atom. The summed E-state index contributed by atoms with van der Waals surface area (Å²) < 4.78 is 39.0. The van der Waals surface area contributed by atoms with E-state index in [0.29, 0.717) is 42.6 Å². The van der Waals surface area contributed by atoms with Gasteiger partial charge in [-0.2, -0.15) is 5.10 Å². The monoisotopic (exact) mass is 985 g/mol. The van der Waals surface area contributed by atoms with E-state index >= 15 is 4.39 Å². The number of nitrogens with zero attached hydrogens (tertiary/aromatic N) is 5. The molecule has 1 unspecified atom stereocenters. The standard InChI is InChI=1S/C33H49N7O.C25H22ClF2NO/c1-23-12-21-40(25(3)35-23)33-31-11-8-28(22-32(31)37(5)36-33)39-19-15-30(16-20-39)41-29-9-6-26(7-10-29)24(2)38-17-13-27(34-4)14-18-38;1-3-14-9-10-17(25(29)30)21(24(14)28)22-20-13(2)18(15-7-5-4-6-8-15)11-16(20)12-19(27)23(22)26/h8,11,22,26-27,29-30,34-35H,1-3,6-7,9-10,12-21H2,4-5H3;4-10,12-13,18H,3,11H2,1-2H3,(H2,29,30)/t;13-,18?/m.1/s1. The van der Waals surface area contributed by atoms with Crippen LogP contribution in [0.25, 0.3) is 22.0 Å². The third-order valence-corrected chi connectivity index (χ3v) is 16.6. The van der Waals surface area contributed by atoms with Crippen LogP contribution in [0.2, 0.25) is 5.02 Å². The summed E-state index contributed by atoms with van der Waals surface area (Å²) in [5.74, 6) is 0.536. The molecule has 4 fully saturated rings. The van der Waals surface area contributed by atoms with Crippen molar-refractivity contribution in [2.45, 2.75) is 115 Å². The van der Waals surface area contributed by atoms with Crippen molar-refractivity contribution >= 4 is 39.9 Å². The molecule has 2 atom stereocenters. The SMILES string of the molecule is C=C1CCN(c2nn(C)c3cc(N4CCC(OC5CCC(C(=C)N6CCC(NC)CC6)CC5)CC4)ccc23)C(=C)N1.CCc1ccc(C(N)=O)c(-c2c(Cl)c(F)cc3c2[C@H](C)C(c2ccccc2)C3)c1F. The number of amides is 1. The number of primary amides is 1. The second kappa shape index (κ2) is 21.6. The molecule has 376 valence electrons. The molecule has 1 aromatic heterocycles. The van der Waals surface area contributed by atoms with Gasteiger partial charge in [0, 0.05) is 91.4 Å². The maximum Gasteiger partial charge on any atom is 0.249 e. The predicted octanol–water partition coefficient (Wildman–Crippen LogP) is 11.5. The number of hydrogen-bond acceptors (Lipinski definition) is 8. The lowest BCUT2D eigenvalue weighted by atomic mass is 9.84. The van der Waals surface area contributed by atoms with Gasteiger partial charge in [0.1, 0.15) is 17.5 Å². The van der Waals surface area contributed by atoms with Crippen LogP contribution in [0.15, 0.2) is 104 Å². The first kappa shape index (κ1) is 50.3. The highest BCUT2D eigenvalue weighted by molar-refractivity contribution is 6.34. The van der Waals surface area contributed by atoms with Crippen LogP contribution in [0, 0.1) is 17.6 Å². The molecule has 0 bridgehead atoms. The maximum absolute atomic E-state index is 15.5. The number of aryl methyl sites for hydroxylation is 2. The number of fused-ring (bicyclic) bond motifs is 2. The van der Waals surface area contributed by atoms with Gasteiger partial charge in [0.05, 0.1) is 22.7 Å². The molecule has 0 spiro atoms. The number of ether oxygens (including phenoxy) is 1. The Bertz CT molecular complexity index is 2790. The van der Waals surface area contributed by atoms with Gasteiger partial charge in [-0.3, -0.25) is 9.48 Å². The summed E-state index contributed by atoms with van der Waals surface area (Å²) in [6, 6.07) is 21.9. The van der Waals surface area contributed by atoms with Crippen molar-refractivity contribution in [3.05, 3.63) is 148 Å². The molecule has 0 radical (unpaired) electrons. The molecule has 4 heterocycles. The smallest absolute Gasteiger partial charge is 0.249 e. The van der Waals surface area contributed by atoms with Crippen LogP contribution in [0.5, 0.6) is 0 Å². The largest absolute Gasteiger partial charge is 0.375 e. The van der Waals surface area contributed by atoms with Gasteiger partial charge in [0.25, 0.3) is 0 Å². The normalized spacial score (nSPS) is 22.0. The minimum absolute atomic E-state index is 0.00293. The fourth-order valence-electron chi connectivity index (χ4n) is 12.0. The molecule has 10 rings (SSSR count). The van der Waals surface area contributed by atoms with Crippen molar-refractivity contribution in [2.24, 2.45) is 18.7 Å². The van der Waals surface area contributed by atoms with E-state index in [1.165, 1.54) is 62.0 Å². The average Bonchev–Trinajstić information content (AvgIpc) is 3.89. The highest BCUT2D eigenvalue weighted by atomic mass is 35.5. The topological polar surface area (TPSA) is 104 Å². The molecule has 4 N–H and O–H groups in total. The summed E-state index contributed by atoms with van der Waals surface area (Å²) >= 11 is 6.42. The number of rotatable bonds is 11. The second-order valence-corrected chi connectivity index (χ2v) is 20.8. The molecule has 5 aromatic rings. The number of piperidine rings is 2. The number of likely N-dealkylation sites (tertiary alicyclic amines) is 1. The Morgan fingerprint density at radius 2 is 1.62 bits per heavy atom. The molecular weight excluding hydrogens is 914 g/mol. The molecule has 5 aliphatic rings. The molecule has 1 saturated carbocycles. The van der Waals surface area contributed by atoms with E-state index in [-0.39, 0.29) is 33.5 Å². The number of carbonyl (C=O) groups excluding carboxylic acids is 1. The van der Waals surface area contributed by atoms with E-state index in [4.69, 9.17) is 27.2 Å². The Hall–Kier alpha value is -5.69. The number of hydrogen-bond donors (Lipinski definition) is 3. The highest BCUT2D eigenvalue weighted by Gasteiger charge is 2.37. The van der Waals surface area contributed by atoms with E-state index in [9.17, 15) is 9.18 Å². The van der Waals surface area contributed by atoms with Crippen molar-refractivity contribution in [1.29, 1.82) is 0 Å². The van der Waals surface area contributed by atoms with Crippen LogP contribution in [0.1, 0.15) is 116 Å². The van der Waals surface area contributed by atoms with Gasteiger partial charge >= 0.3 is 0 Å². The van der Waals surface area contributed by atoms with Gasteiger partial charge in [-0.05, 0) is 142 Å². The Morgan fingerprint density at radius 3 is 2.28 bits per heavy atom. The lowest BCUT2D eigenvalue weighted by Gasteiger charge is -2.40. The summed E-state index contributed by atoms with van der Waals surface area (Å²) in [5.41, 5.74) is 13.7. The van der Waals surface area contributed by atoms with Crippen LogP contribution < -0.4 is 26.2 Å². The van der Waals surface area contributed by atoms with Crippen molar-refractivity contribution in [3.8, 4) is 11.1 Å². The summed E-state index contributed by atoms with van der Waals surface area (Å²) in [6.45, 7) is 21.8. The van der Waals surface area contributed by atoms with Crippen molar-refractivity contribution in [2.75, 3.05) is 49.6 Å². The van der Waals surface area contributed by atoms with Gasteiger partial charge in [-0.15, -0.1) is 0 Å². The summed E-state index contributed by atoms with van der Waals surface area (Å²) in [4.78, 5) is 19.4. The number of carbonyl (C=O) groups is 1. The van der Waals surface area contributed by atoms with Gasteiger partial charge in [-0.25, -0.2) is 8.78 Å². The first-order valence-electron chi connectivity index (χ1n) is 25.8. The summed E-state index contributed by atoms with van der Waals surface area (Å²) in [7, 11) is 4.12. The number of allylic oxidation sites excluding steroid dienone is 1. The molecule has 3 saturated heterocycles. The van der Waals surface area contributed by atoms with Crippen molar-refractivity contribution in [1.82, 2.24) is 25.3 Å². The molecular formula is C58H71ClF2N8O2. The van der Waals surface area contributed by atoms with Crippen molar-refractivity contribution < 1.29 is 18.3 Å². The zero-order valence-corrected chi connectivity index (χ0v) is 42.8. The van der Waals surface area contributed by atoms with Gasteiger partial charge in [-0.1, -0.05) is 81.6 Å². The number of benzene rings is 4. The zero-order valence-electron chi connectivity index (χ0n) is 42.0. The minimum Gasteiger partial charge on any atom is -0.375 e. The molecule has 71 heavy (non-hydrogen) atoms. The highest BCUT2D eigenvalue weighted by Crippen LogP contribution is 2.52. The Balaban J connectivity index is 0.000000185. The molecule has 3 aliphatic heterocycles. The third-order valence-electron chi connectivity index (χ3n) is 16.2. The van der Waals surface area contributed by atoms with Crippen LogP contribution in [-0.4, -0.2) is 78.6 Å². The minimum atomic E-state index is -0.772. The predicted molar refractivity (Wildman–Crippen MR) is 285 cm³/mol. The van der Waals surface area contributed by atoms with Crippen molar-refractivity contribution in [3.63, 3.8) is 0 Å². The maximum atomic E-state index is 15.5. The number of aromatic nitrogens is 2. The Kier molecular flexibility index (Phi) is 15.3. The average molecular weight is 986 g/mol. The first-order valence-corrected chi connectivity index (χ1v) is 26.2. The third kappa shape index (κ3) is 10.4. The molecule has 2 aliphatic carbocycles. The second-order valence-electron chi connectivity index (χ2n) is 20.4. The number of halogens is 3. The fourth-order valence-corrected chi connectivity index (χ4v) is 12.3. The van der Waals surface area contributed by atoms with Gasteiger partial charge in [0.15, 0.2) is 5.82 Å². The number of anilines is 2. The molecule has 10 nitrogen and oxygen atoms in total. The summed E-state index contributed by atoms with van der Waals surface area (Å²) in [6.07, 6.45) is 12.1. The fraction of sp³-hybridized carbons (Fsp3) is 0.448. The first-order chi connectivity index (χ1) is 34.2. The zero-order chi connectivity index (χ0) is 50.1. The van der Waals surface area contributed by atoms with Gasteiger partial charge in [0.2, 0.25) is 5.91 Å². The van der Waals surface area contributed by atoms with E-state index in [2.05, 4.69) is 70.3 Å². The number of nitrogens with two attached hydrogens (primary N) is 1. The summed E-state index contributed by atoms with van der Waals surface area (Å²) in [5, 5.41) is 12.6. The molecule has 4 aromatic carbocycles. The van der Waals surface area contributed by atoms with Crippen LogP contribution in [0.4, 0.5) is 20.3 Å². The van der Waals surface area contributed by atoms with Gasteiger partial charge < -0.3 is 35.8 Å².